The highest BCUT2D eigenvalue weighted by Crippen LogP contribution is 2.28. The summed E-state index contributed by atoms with van der Waals surface area (Å²) in [5.41, 5.74) is 0. The van der Waals surface area contributed by atoms with Crippen molar-refractivity contribution in [3.63, 3.8) is 0 Å². The summed E-state index contributed by atoms with van der Waals surface area (Å²) in [6.07, 6.45) is 8.10. The summed E-state index contributed by atoms with van der Waals surface area (Å²) in [6.45, 7) is 3.16. The molecule has 1 aliphatic rings. The van der Waals surface area contributed by atoms with Crippen molar-refractivity contribution in [2.45, 2.75) is 45.1 Å². The zero-order valence-electron chi connectivity index (χ0n) is 11.7. The van der Waals surface area contributed by atoms with Crippen LogP contribution >= 0.6 is 11.8 Å². The maximum absolute atomic E-state index is 11.1. The van der Waals surface area contributed by atoms with Gasteiger partial charge in [0.15, 0.2) is 0 Å². The highest BCUT2D eigenvalue weighted by atomic mass is 32.2. The summed E-state index contributed by atoms with van der Waals surface area (Å²) >= 11 is 1.78. The topological polar surface area (TPSA) is 46.2 Å². The van der Waals surface area contributed by atoms with Crippen LogP contribution in [-0.2, 0) is 9.84 Å². The summed E-state index contributed by atoms with van der Waals surface area (Å²) in [7, 11) is -2.80. The number of nitrogens with one attached hydrogen (secondary N) is 1. The lowest BCUT2D eigenvalue weighted by molar-refractivity contribution is 0.288. The number of thioether (sulfide) groups is 1. The van der Waals surface area contributed by atoms with E-state index in [2.05, 4.69) is 12.2 Å². The van der Waals surface area contributed by atoms with Gasteiger partial charge in [-0.2, -0.15) is 11.8 Å². The molecule has 0 aromatic rings. The molecule has 0 saturated heterocycles. The van der Waals surface area contributed by atoms with Crippen molar-refractivity contribution in [1.29, 1.82) is 0 Å². The smallest absolute Gasteiger partial charge is 0.148 e. The molecule has 0 spiro atoms. The molecule has 1 aliphatic carbocycles. The molecule has 0 amide bonds. The predicted octanol–water partition coefficient (Wildman–Crippen LogP) is 2.32. The summed E-state index contributed by atoms with van der Waals surface area (Å²) in [5.74, 6) is 2.88. The fourth-order valence-corrected chi connectivity index (χ4v) is 5.07. The minimum Gasteiger partial charge on any atom is -0.313 e. The number of rotatable bonds is 8. The van der Waals surface area contributed by atoms with Gasteiger partial charge in [0.1, 0.15) is 9.84 Å². The van der Waals surface area contributed by atoms with Gasteiger partial charge >= 0.3 is 0 Å². The minimum absolute atomic E-state index is 0.307. The molecule has 0 radical (unpaired) electrons. The van der Waals surface area contributed by atoms with Gasteiger partial charge in [0, 0.05) is 23.8 Å². The Hall–Kier alpha value is 0.260. The Morgan fingerprint density at radius 2 is 1.94 bits per heavy atom. The second-order valence-electron chi connectivity index (χ2n) is 5.27. The van der Waals surface area contributed by atoms with Crippen LogP contribution in [0.2, 0.25) is 0 Å². The third-order valence-electron chi connectivity index (χ3n) is 3.58. The Morgan fingerprint density at radius 3 is 2.50 bits per heavy atom. The van der Waals surface area contributed by atoms with Crippen LogP contribution in [0.1, 0.15) is 39.0 Å². The van der Waals surface area contributed by atoms with E-state index in [1.807, 2.05) is 0 Å². The van der Waals surface area contributed by atoms with E-state index < -0.39 is 9.84 Å². The van der Waals surface area contributed by atoms with Crippen LogP contribution in [0.25, 0.3) is 0 Å². The molecule has 1 fully saturated rings. The average molecular weight is 293 g/mol. The van der Waals surface area contributed by atoms with Crippen LogP contribution in [0.3, 0.4) is 0 Å². The molecule has 1 saturated carbocycles. The fraction of sp³-hybridized carbons (Fsp3) is 1.00. The first-order chi connectivity index (χ1) is 8.53. The van der Waals surface area contributed by atoms with E-state index in [0.717, 1.165) is 24.0 Å². The van der Waals surface area contributed by atoms with Crippen molar-refractivity contribution in [1.82, 2.24) is 5.32 Å². The molecule has 1 rings (SSSR count). The number of sulfone groups is 1. The van der Waals surface area contributed by atoms with Gasteiger partial charge in [-0.3, -0.25) is 0 Å². The second kappa shape index (κ2) is 8.43. The highest BCUT2D eigenvalue weighted by molar-refractivity contribution is 8.00. The monoisotopic (exact) mass is 293 g/mol. The normalized spacial score (nSPS) is 19.9. The average Bonchev–Trinajstić information content (AvgIpc) is 2.33. The molecule has 3 nitrogen and oxygen atoms in total. The van der Waals surface area contributed by atoms with Crippen molar-refractivity contribution in [2.24, 2.45) is 5.92 Å². The SMILES string of the molecule is CCNC(CSCCS(C)(=O)=O)C1CCCCC1. The Morgan fingerprint density at radius 1 is 1.28 bits per heavy atom. The number of hydrogen-bond donors (Lipinski definition) is 1. The van der Waals surface area contributed by atoms with Gasteiger partial charge in [-0.15, -0.1) is 0 Å². The molecule has 108 valence electrons. The van der Waals surface area contributed by atoms with E-state index in [1.165, 1.54) is 38.4 Å². The van der Waals surface area contributed by atoms with Gasteiger partial charge in [-0.1, -0.05) is 26.2 Å². The van der Waals surface area contributed by atoms with Gasteiger partial charge in [-0.25, -0.2) is 8.42 Å². The molecule has 0 bridgehead atoms. The number of hydrogen-bond acceptors (Lipinski definition) is 4. The Labute approximate surface area is 116 Å². The molecule has 1 unspecified atom stereocenters. The Kier molecular flexibility index (Phi) is 7.64. The summed E-state index contributed by atoms with van der Waals surface area (Å²) in [5, 5.41) is 3.58. The largest absolute Gasteiger partial charge is 0.313 e. The first kappa shape index (κ1) is 16.3. The van der Waals surface area contributed by atoms with Crippen LogP contribution in [0.4, 0.5) is 0 Å². The van der Waals surface area contributed by atoms with Crippen molar-refractivity contribution in [3.05, 3.63) is 0 Å². The van der Waals surface area contributed by atoms with E-state index in [-0.39, 0.29) is 0 Å². The maximum Gasteiger partial charge on any atom is 0.148 e. The van der Waals surface area contributed by atoms with Gasteiger partial charge in [0.2, 0.25) is 0 Å². The van der Waals surface area contributed by atoms with Crippen molar-refractivity contribution in [3.8, 4) is 0 Å². The van der Waals surface area contributed by atoms with Crippen LogP contribution in [0, 0.1) is 5.92 Å². The molecule has 0 aromatic heterocycles. The fourth-order valence-electron chi connectivity index (χ4n) is 2.58. The van der Waals surface area contributed by atoms with Crippen LogP contribution in [-0.4, -0.2) is 44.5 Å². The summed E-state index contributed by atoms with van der Waals surface area (Å²) in [6, 6.07) is 0.569. The van der Waals surface area contributed by atoms with E-state index in [4.69, 9.17) is 0 Å². The zero-order valence-corrected chi connectivity index (χ0v) is 13.3. The van der Waals surface area contributed by atoms with Gasteiger partial charge in [0.25, 0.3) is 0 Å². The molecule has 0 aliphatic heterocycles. The van der Waals surface area contributed by atoms with E-state index in [1.54, 1.807) is 11.8 Å². The molecule has 1 N–H and O–H groups in total. The zero-order chi connectivity index (χ0) is 13.4. The van der Waals surface area contributed by atoms with Crippen molar-refractivity contribution in [2.75, 3.05) is 30.1 Å². The molecular weight excluding hydrogens is 266 g/mol. The van der Waals surface area contributed by atoms with Crippen LogP contribution in [0.5, 0.6) is 0 Å². The van der Waals surface area contributed by atoms with Gasteiger partial charge in [-0.05, 0) is 25.3 Å². The lowest BCUT2D eigenvalue weighted by Gasteiger charge is -2.30. The first-order valence-corrected chi connectivity index (χ1v) is 10.2. The summed E-state index contributed by atoms with van der Waals surface area (Å²) in [4.78, 5) is 0. The predicted molar refractivity (Wildman–Crippen MR) is 81.1 cm³/mol. The van der Waals surface area contributed by atoms with Gasteiger partial charge in [0.05, 0.1) is 5.75 Å². The minimum atomic E-state index is -2.80. The van der Waals surface area contributed by atoms with Gasteiger partial charge < -0.3 is 5.32 Å². The van der Waals surface area contributed by atoms with E-state index in [9.17, 15) is 8.42 Å². The highest BCUT2D eigenvalue weighted by Gasteiger charge is 2.22. The third-order valence-corrected chi connectivity index (χ3v) is 5.87. The van der Waals surface area contributed by atoms with Crippen LogP contribution < -0.4 is 5.32 Å². The van der Waals surface area contributed by atoms with Crippen LogP contribution in [0.15, 0.2) is 0 Å². The second-order valence-corrected chi connectivity index (χ2v) is 8.68. The molecular formula is C13H27NO2S2. The molecule has 18 heavy (non-hydrogen) atoms. The Balaban J connectivity index is 2.28. The lowest BCUT2D eigenvalue weighted by Crippen LogP contribution is -2.39. The lowest BCUT2D eigenvalue weighted by atomic mass is 9.84. The third kappa shape index (κ3) is 7.00. The standard InChI is InChI=1S/C13H27NO2S2/c1-3-14-13(12-7-5-4-6-8-12)11-17-9-10-18(2,15)16/h12-14H,3-11H2,1-2H3. The van der Waals surface area contributed by atoms with E-state index in [0.29, 0.717) is 11.8 Å². The Bertz CT molecular complexity index is 311. The summed E-state index contributed by atoms with van der Waals surface area (Å²) < 4.78 is 22.1. The molecule has 0 aromatic carbocycles. The maximum atomic E-state index is 11.1. The first-order valence-electron chi connectivity index (χ1n) is 7.02. The van der Waals surface area contributed by atoms with Crippen molar-refractivity contribution >= 4 is 21.6 Å². The van der Waals surface area contributed by atoms with Crippen molar-refractivity contribution < 1.29 is 8.42 Å². The quantitative estimate of drug-likeness (QED) is 0.698. The molecule has 1 atom stereocenters. The molecule has 5 heteroatoms. The van der Waals surface area contributed by atoms with E-state index >= 15 is 0 Å². The molecule has 0 heterocycles.